The van der Waals surface area contributed by atoms with E-state index < -0.39 is 0 Å². The van der Waals surface area contributed by atoms with E-state index in [1.807, 2.05) is 0 Å². The lowest BCUT2D eigenvalue weighted by atomic mass is 10.0. The Kier molecular flexibility index (Phi) is 13.7. The van der Waals surface area contributed by atoms with E-state index in [-0.39, 0.29) is 5.12 Å². The van der Waals surface area contributed by atoms with Crippen molar-refractivity contribution in [1.29, 1.82) is 0 Å². The molecule has 0 aliphatic carbocycles. The highest BCUT2D eigenvalue weighted by Gasteiger charge is 1.95. The molecular formula is C22H36OS. The molecule has 0 saturated carbocycles. The molecule has 0 saturated heterocycles. The monoisotopic (exact) mass is 348 g/mol. The molecule has 0 atom stereocenters. The Hall–Kier alpha value is -1.02. The van der Waals surface area contributed by atoms with Crippen LogP contribution in [0.5, 0.6) is 0 Å². The molecule has 0 aromatic carbocycles. The average molecular weight is 349 g/mol. The molecule has 0 radical (unpaired) electrons. The zero-order valence-corrected chi connectivity index (χ0v) is 17.4. The minimum atomic E-state index is 0.194. The number of rotatable bonds is 11. The van der Waals surface area contributed by atoms with Crippen LogP contribution in [0.4, 0.5) is 0 Å². The van der Waals surface area contributed by atoms with Gasteiger partial charge in [0.05, 0.1) is 0 Å². The van der Waals surface area contributed by atoms with Crippen molar-refractivity contribution in [2.45, 2.75) is 80.1 Å². The van der Waals surface area contributed by atoms with Gasteiger partial charge in [0.1, 0.15) is 0 Å². The first-order chi connectivity index (χ1) is 11.3. The van der Waals surface area contributed by atoms with Gasteiger partial charge in [-0.1, -0.05) is 58.4 Å². The van der Waals surface area contributed by atoms with E-state index in [1.165, 1.54) is 40.5 Å². The molecule has 1 nitrogen and oxygen atoms in total. The molecule has 0 aromatic heterocycles. The van der Waals surface area contributed by atoms with E-state index in [0.29, 0.717) is 0 Å². The third-order valence-electron chi connectivity index (χ3n) is 3.87. The van der Waals surface area contributed by atoms with Crippen molar-refractivity contribution in [2.75, 3.05) is 5.75 Å². The van der Waals surface area contributed by atoms with Crippen LogP contribution in [0.15, 0.2) is 46.6 Å². The smallest absolute Gasteiger partial charge is 0.186 e. The zero-order valence-electron chi connectivity index (χ0n) is 16.6. The van der Waals surface area contributed by atoms with E-state index in [2.05, 4.69) is 58.9 Å². The van der Waals surface area contributed by atoms with E-state index >= 15 is 0 Å². The fourth-order valence-electron chi connectivity index (χ4n) is 2.29. The van der Waals surface area contributed by atoms with Gasteiger partial charge in [0.15, 0.2) is 5.12 Å². The number of hydrogen-bond donors (Lipinski definition) is 0. The SMILES string of the molecule is CC(=O)SC/C=C(\C)CC/C=C(\C)CC/C=C(\C)CCC=C(C)C. The van der Waals surface area contributed by atoms with Crippen molar-refractivity contribution in [1.82, 2.24) is 0 Å². The number of hydrogen-bond acceptors (Lipinski definition) is 2. The Bertz CT molecular complexity index is 488. The van der Waals surface area contributed by atoms with Crippen LogP contribution in [0.3, 0.4) is 0 Å². The van der Waals surface area contributed by atoms with Crippen LogP contribution in [0.2, 0.25) is 0 Å². The molecule has 0 heterocycles. The van der Waals surface area contributed by atoms with Crippen LogP contribution in [-0.2, 0) is 4.79 Å². The second-order valence-corrected chi connectivity index (χ2v) is 8.05. The lowest BCUT2D eigenvalue weighted by Gasteiger charge is -2.02. The van der Waals surface area contributed by atoms with Gasteiger partial charge in [-0.25, -0.2) is 0 Å². The fourth-order valence-corrected chi connectivity index (χ4v) is 2.89. The number of carbonyl (C=O) groups excluding carboxylic acids is 1. The molecule has 0 fully saturated rings. The van der Waals surface area contributed by atoms with Crippen molar-refractivity contribution >= 4 is 16.9 Å². The Balaban J connectivity index is 3.98. The topological polar surface area (TPSA) is 17.1 Å². The fraction of sp³-hybridized carbons (Fsp3) is 0.591. The summed E-state index contributed by atoms with van der Waals surface area (Å²) < 4.78 is 0. The van der Waals surface area contributed by atoms with Gasteiger partial charge in [0.25, 0.3) is 0 Å². The highest BCUT2D eigenvalue weighted by Crippen LogP contribution is 2.14. The molecule has 0 bridgehead atoms. The quantitative estimate of drug-likeness (QED) is 0.361. The van der Waals surface area contributed by atoms with Gasteiger partial charge in [-0.2, -0.15) is 0 Å². The molecule has 0 amide bonds. The highest BCUT2D eigenvalue weighted by molar-refractivity contribution is 8.13. The standard InChI is InChI=1S/C22H36OS/c1-18(2)10-7-11-19(3)12-8-13-20(4)14-9-15-21(5)16-17-24-22(6)23/h10,12,14,16H,7-9,11,13,15,17H2,1-6H3/b19-12+,20-14+,21-16+. The van der Waals surface area contributed by atoms with Gasteiger partial charge in [-0.3, -0.25) is 4.79 Å². The maximum atomic E-state index is 10.9. The van der Waals surface area contributed by atoms with Gasteiger partial charge < -0.3 is 0 Å². The average Bonchev–Trinajstić information content (AvgIpc) is 2.46. The third-order valence-corrected chi connectivity index (χ3v) is 4.61. The molecule has 24 heavy (non-hydrogen) atoms. The second kappa shape index (κ2) is 14.3. The summed E-state index contributed by atoms with van der Waals surface area (Å²) in [5, 5.41) is 0.194. The Morgan fingerprint density at radius 2 is 1.08 bits per heavy atom. The number of carbonyl (C=O) groups is 1. The first kappa shape index (κ1) is 23.0. The maximum absolute atomic E-state index is 10.9. The largest absolute Gasteiger partial charge is 0.288 e. The van der Waals surface area contributed by atoms with Crippen LogP contribution in [0, 0.1) is 0 Å². The van der Waals surface area contributed by atoms with Crippen molar-refractivity contribution in [2.24, 2.45) is 0 Å². The van der Waals surface area contributed by atoms with Crippen LogP contribution in [0.25, 0.3) is 0 Å². The van der Waals surface area contributed by atoms with Gasteiger partial charge in [-0.05, 0) is 73.1 Å². The van der Waals surface area contributed by atoms with Gasteiger partial charge in [0, 0.05) is 12.7 Å². The second-order valence-electron chi connectivity index (χ2n) is 6.85. The molecule has 0 rings (SSSR count). The van der Waals surface area contributed by atoms with E-state index in [4.69, 9.17) is 0 Å². The summed E-state index contributed by atoms with van der Waals surface area (Å²) in [5.74, 6) is 0.806. The predicted octanol–water partition coefficient (Wildman–Crippen LogP) is 7.41. The molecule has 0 aliphatic rings. The van der Waals surface area contributed by atoms with Crippen LogP contribution < -0.4 is 0 Å². The molecule has 0 spiro atoms. The first-order valence-electron chi connectivity index (χ1n) is 9.05. The van der Waals surface area contributed by atoms with Crippen molar-refractivity contribution in [3.63, 3.8) is 0 Å². The van der Waals surface area contributed by atoms with Gasteiger partial charge in [-0.15, -0.1) is 0 Å². The van der Waals surface area contributed by atoms with Crippen LogP contribution in [-0.4, -0.2) is 10.9 Å². The summed E-state index contributed by atoms with van der Waals surface area (Å²) in [5.41, 5.74) is 5.77. The molecule has 0 unspecified atom stereocenters. The maximum Gasteiger partial charge on any atom is 0.186 e. The van der Waals surface area contributed by atoms with E-state index in [9.17, 15) is 4.79 Å². The molecule has 0 aromatic rings. The predicted molar refractivity (Wildman–Crippen MR) is 112 cm³/mol. The molecule has 136 valence electrons. The summed E-state index contributed by atoms with van der Waals surface area (Å²) in [7, 11) is 0. The van der Waals surface area contributed by atoms with Crippen molar-refractivity contribution in [3.8, 4) is 0 Å². The zero-order chi connectivity index (χ0) is 18.4. The van der Waals surface area contributed by atoms with Gasteiger partial charge in [0.2, 0.25) is 0 Å². The highest BCUT2D eigenvalue weighted by atomic mass is 32.2. The van der Waals surface area contributed by atoms with Crippen LogP contribution >= 0.6 is 11.8 Å². The molecule has 0 N–H and O–H groups in total. The lowest BCUT2D eigenvalue weighted by molar-refractivity contribution is -0.109. The Labute approximate surface area is 154 Å². The normalized spacial score (nSPS) is 13.2. The summed E-state index contributed by atoms with van der Waals surface area (Å²) in [6, 6.07) is 0. The van der Waals surface area contributed by atoms with E-state index in [1.54, 1.807) is 6.92 Å². The number of allylic oxidation sites excluding steroid dienone is 7. The Morgan fingerprint density at radius 3 is 1.50 bits per heavy atom. The van der Waals surface area contributed by atoms with Crippen molar-refractivity contribution in [3.05, 3.63) is 46.6 Å². The van der Waals surface area contributed by atoms with Crippen molar-refractivity contribution < 1.29 is 4.79 Å². The Morgan fingerprint density at radius 1 is 0.667 bits per heavy atom. The number of thioether (sulfide) groups is 1. The molecule has 0 aliphatic heterocycles. The van der Waals surface area contributed by atoms with Gasteiger partial charge >= 0.3 is 0 Å². The minimum absolute atomic E-state index is 0.194. The van der Waals surface area contributed by atoms with Crippen LogP contribution in [0.1, 0.15) is 80.1 Å². The lowest BCUT2D eigenvalue weighted by Crippen LogP contribution is -1.85. The molecule has 2 heteroatoms. The summed E-state index contributed by atoms with van der Waals surface area (Å²) in [4.78, 5) is 10.9. The third kappa shape index (κ3) is 15.9. The minimum Gasteiger partial charge on any atom is -0.288 e. The summed E-state index contributed by atoms with van der Waals surface area (Å²) in [6.45, 7) is 12.6. The first-order valence-corrected chi connectivity index (χ1v) is 10.0. The van der Waals surface area contributed by atoms with E-state index in [0.717, 1.165) is 37.9 Å². The summed E-state index contributed by atoms with van der Waals surface area (Å²) in [6.07, 6.45) is 16.1. The molecular weight excluding hydrogens is 312 g/mol. The summed E-state index contributed by atoms with van der Waals surface area (Å²) >= 11 is 1.38.